The first-order valence-corrected chi connectivity index (χ1v) is 18.7. The molecular formula is C41H26Cl2F5N3O7. The maximum absolute atomic E-state index is 15.4. The predicted molar refractivity (Wildman–Crippen MR) is 198 cm³/mol. The minimum Gasteiger partial charge on any atom is -0.504 e. The fourth-order valence-corrected chi connectivity index (χ4v) is 9.89. The van der Waals surface area contributed by atoms with Crippen LogP contribution in [0.25, 0.3) is 22.6 Å². The number of carbonyl (C=O) groups is 4. The highest BCUT2D eigenvalue weighted by Gasteiger charge is 2.77. The van der Waals surface area contributed by atoms with Gasteiger partial charge in [0.15, 0.2) is 50.1 Å². The van der Waals surface area contributed by atoms with Crippen molar-refractivity contribution >= 4 is 69.3 Å². The zero-order valence-corrected chi connectivity index (χ0v) is 31.3. The van der Waals surface area contributed by atoms with Crippen molar-refractivity contribution in [2.24, 2.45) is 17.8 Å². The van der Waals surface area contributed by atoms with Gasteiger partial charge in [0.2, 0.25) is 23.5 Å². The molecular weight excluding hydrogens is 812 g/mol. The van der Waals surface area contributed by atoms with Crippen molar-refractivity contribution in [3.05, 3.63) is 113 Å². The molecule has 0 unspecified atom stereocenters. The Morgan fingerprint density at radius 3 is 2.17 bits per heavy atom. The fourth-order valence-electron chi connectivity index (χ4n) is 8.96. The lowest BCUT2D eigenvalue weighted by Gasteiger charge is -2.50. The molecule has 9 rings (SSSR count). The van der Waals surface area contributed by atoms with Crippen LogP contribution in [0.3, 0.4) is 0 Å². The number of benzene rings is 4. The zero-order chi connectivity index (χ0) is 41.2. The molecule has 5 aromatic rings. The molecule has 1 N–H and O–H groups in total. The molecule has 0 spiro atoms. The molecule has 2 saturated heterocycles. The molecule has 0 bridgehead atoms. The SMILES string of the molecule is CCOc1cccc([C@H]2C3=CC[C@@H]4C(=O)N(c5ccc(-c6nc7ccccc7o6)cc5)C(=O)[C@@H]4[C@@H]3C[C@@]3(Cl)C(=O)N(c4c(F)c(F)c(F)c(F)c4F)C(=O)[C@@]23Cl)c1O. The van der Waals surface area contributed by atoms with Crippen LogP contribution in [0.15, 0.2) is 82.8 Å². The number of imide groups is 2. The number of fused-ring (bicyclic) bond motifs is 5. The molecule has 1 saturated carbocycles. The van der Waals surface area contributed by atoms with E-state index in [9.17, 15) is 37.5 Å². The molecule has 4 aromatic carbocycles. The Kier molecular flexibility index (Phi) is 8.54. The van der Waals surface area contributed by atoms with E-state index in [4.69, 9.17) is 32.4 Å². The second-order valence-corrected chi connectivity index (χ2v) is 15.6. The standard InChI is InChI=1S/C41H26Cl2F5N3O7/c1-2-57-25-9-5-6-21(34(25)52)27-19-14-15-20-26(37(54)50(36(20)53)18-12-10-17(11-13-18)35-49-23-7-3-4-8-24(23)58-35)22(19)16-40(42)38(55)51(39(56)41(27,40)43)33-31(47)29(45)28(44)30(46)32(33)48/h3-14,20,22,26-27,52H,2,15-16H2,1H3/t20-,22+,26-,27+,40+,41-/m0/s1. The van der Waals surface area contributed by atoms with Gasteiger partial charge in [0.25, 0.3) is 11.8 Å². The van der Waals surface area contributed by atoms with Gasteiger partial charge < -0.3 is 14.3 Å². The minimum absolute atomic E-state index is 0.0654. The summed E-state index contributed by atoms with van der Waals surface area (Å²) in [6, 6.07) is 17.6. The van der Waals surface area contributed by atoms with E-state index in [2.05, 4.69) is 4.98 Å². The molecule has 3 fully saturated rings. The summed E-state index contributed by atoms with van der Waals surface area (Å²) in [6.07, 6.45) is 0.744. The van der Waals surface area contributed by atoms with Crippen molar-refractivity contribution in [3.8, 4) is 23.0 Å². The van der Waals surface area contributed by atoms with Crippen LogP contribution in [-0.2, 0) is 19.2 Å². The molecule has 4 aliphatic rings. The Bertz CT molecular complexity index is 2630. The third kappa shape index (κ3) is 4.92. The molecule has 17 heteroatoms. The van der Waals surface area contributed by atoms with Gasteiger partial charge in [0.1, 0.15) is 11.2 Å². The zero-order valence-electron chi connectivity index (χ0n) is 29.7. The lowest BCUT2D eigenvalue weighted by Crippen LogP contribution is -2.60. The van der Waals surface area contributed by atoms with Gasteiger partial charge in [-0.3, -0.25) is 24.1 Å². The lowest BCUT2D eigenvalue weighted by molar-refractivity contribution is -0.125. The predicted octanol–water partition coefficient (Wildman–Crippen LogP) is 8.06. The topological polar surface area (TPSA) is 130 Å². The van der Waals surface area contributed by atoms with Crippen molar-refractivity contribution in [3.63, 3.8) is 0 Å². The molecule has 2 aliphatic heterocycles. The largest absolute Gasteiger partial charge is 0.504 e. The summed E-state index contributed by atoms with van der Waals surface area (Å²) in [5.74, 6) is -22.5. The molecule has 3 heterocycles. The van der Waals surface area contributed by atoms with E-state index in [1.54, 1.807) is 43.3 Å². The van der Waals surface area contributed by atoms with Crippen molar-refractivity contribution in [1.82, 2.24) is 4.98 Å². The van der Waals surface area contributed by atoms with Gasteiger partial charge in [0, 0.05) is 17.0 Å². The van der Waals surface area contributed by atoms with Crippen LogP contribution in [0, 0.1) is 46.8 Å². The third-order valence-electron chi connectivity index (χ3n) is 11.5. The minimum atomic E-state index is -2.81. The number of halogens is 7. The van der Waals surface area contributed by atoms with Crippen molar-refractivity contribution in [1.29, 1.82) is 0 Å². The number of ether oxygens (including phenoxy) is 1. The number of hydrogen-bond acceptors (Lipinski definition) is 8. The first-order chi connectivity index (χ1) is 27.6. The number of phenolic OH excluding ortho intramolecular Hbond substituents is 1. The molecule has 2 aliphatic carbocycles. The number of oxazole rings is 1. The lowest BCUT2D eigenvalue weighted by atomic mass is 9.56. The van der Waals surface area contributed by atoms with Crippen molar-refractivity contribution in [2.75, 3.05) is 16.4 Å². The number of carbonyl (C=O) groups excluding carboxylic acids is 4. The highest BCUT2D eigenvalue weighted by atomic mass is 35.5. The third-order valence-corrected chi connectivity index (χ3v) is 12.9. The van der Waals surface area contributed by atoms with E-state index in [1.165, 1.54) is 36.4 Å². The number of allylic oxidation sites excluding steroid dienone is 2. The van der Waals surface area contributed by atoms with Crippen molar-refractivity contribution < 1.29 is 55.4 Å². The highest BCUT2D eigenvalue weighted by Crippen LogP contribution is 2.67. The van der Waals surface area contributed by atoms with E-state index >= 15 is 8.78 Å². The monoisotopic (exact) mass is 837 g/mol. The Balaban J connectivity index is 1.16. The fraction of sp³-hybridized carbons (Fsp3) is 0.244. The first kappa shape index (κ1) is 37.8. The molecule has 296 valence electrons. The summed E-state index contributed by atoms with van der Waals surface area (Å²) in [7, 11) is 0. The van der Waals surface area contributed by atoms with Gasteiger partial charge in [-0.2, -0.15) is 0 Å². The summed E-state index contributed by atoms with van der Waals surface area (Å²) in [5, 5.41) is 11.6. The van der Waals surface area contributed by atoms with E-state index < -0.39 is 104 Å². The van der Waals surface area contributed by atoms with E-state index in [0.717, 1.165) is 4.90 Å². The van der Waals surface area contributed by atoms with E-state index in [0.29, 0.717) is 22.6 Å². The van der Waals surface area contributed by atoms with Gasteiger partial charge in [-0.05, 0) is 68.1 Å². The van der Waals surface area contributed by atoms with Gasteiger partial charge in [-0.15, -0.1) is 23.2 Å². The van der Waals surface area contributed by atoms with E-state index in [-0.39, 0.29) is 40.5 Å². The average Bonchev–Trinajstić information content (AvgIpc) is 3.81. The summed E-state index contributed by atoms with van der Waals surface area (Å²) >= 11 is 14.4. The van der Waals surface area contributed by atoms with Crippen LogP contribution >= 0.6 is 23.2 Å². The Morgan fingerprint density at radius 1 is 0.828 bits per heavy atom. The molecule has 0 radical (unpaired) electrons. The summed E-state index contributed by atoms with van der Waals surface area (Å²) < 4.78 is 85.4. The number of anilines is 2. The number of alkyl halides is 2. The molecule has 6 atom stereocenters. The smallest absolute Gasteiger partial charge is 0.258 e. The Morgan fingerprint density at radius 2 is 1.50 bits per heavy atom. The molecule has 58 heavy (non-hydrogen) atoms. The van der Waals surface area contributed by atoms with Crippen LogP contribution in [0.1, 0.15) is 31.2 Å². The number of phenols is 1. The molecule has 1 aromatic heterocycles. The number of para-hydroxylation sites is 3. The Hall–Kier alpha value is -5.80. The van der Waals surface area contributed by atoms with Crippen LogP contribution < -0.4 is 14.5 Å². The van der Waals surface area contributed by atoms with Crippen LogP contribution in [0.2, 0.25) is 0 Å². The van der Waals surface area contributed by atoms with Gasteiger partial charge in [-0.1, -0.05) is 35.9 Å². The summed E-state index contributed by atoms with van der Waals surface area (Å²) in [5.41, 5.74) is 0.0283. The molecule has 10 nitrogen and oxygen atoms in total. The quantitative estimate of drug-likeness (QED) is 0.0454. The van der Waals surface area contributed by atoms with Crippen LogP contribution in [-0.4, -0.2) is 50.1 Å². The van der Waals surface area contributed by atoms with Crippen molar-refractivity contribution in [2.45, 2.75) is 35.4 Å². The number of aromatic hydroxyl groups is 1. The number of aromatic nitrogens is 1. The number of nitrogens with zero attached hydrogens (tertiary/aromatic N) is 3. The average molecular weight is 839 g/mol. The summed E-state index contributed by atoms with van der Waals surface area (Å²) in [6.45, 7) is 1.69. The van der Waals surface area contributed by atoms with Gasteiger partial charge >= 0.3 is 0 Å². The maximum atomic E-state index is 15.4. The second kappa shape index (κ2) is 13.1. The summed E-state index contributed by atoms with van der Waals surface area (Å²) in [4.78, 5) is 57.3. The number of hydrogen-bond donors (Lipinski definition) is 1. The normalized spacial score (nSPS) is 26.6. The molecule has 4 amide bonds. The highest BCUT2D eigenvalue weighted by molar-refractivity contribution is 6.58. The van der Waals surface area contributed by atoms with Gasteiger partial charge in [-0.25, -0.2) is 31.8 Å². The second-order valence-electron chi connectivity index (χ2n) is 14.4. The Labute approximate surface area is 334 Å². The van der Waals surface area contributed by atoms with Gasteiger partial charge in [0.05, 0.1) is 24.1 Å². The maximum Gasteiger partial charge on any atom is 0.258 e. The van der Waals surface area contributed by atoms with E-state index in [1.807, 2.05) is 0 Å². The van der Waals surface area contributed by atoms with Crippen LogP contribution in [0.5, 0.6) is 11.5 Å². The first-order valence-electron chi connectivity index (χ1n) is 17.9. The number of rotatable bonds is 6. The number of amides is 4. The van der Waals surface area contributed by atoms with Crippen LogP contribution in [0.4, 0.5) is 33.3 Å².